The van der Waals surface area contributed by atoms with Crippen molar-refractivity contribution >= 4 is 0 Å². The van der Waals surface area contributed by atoms with Crippen LogP contribution < -0.4 is 0 Å². The molecule has 1 heteroatoms. The molecule has 1 nitrogen and oxygen atoms in total. The monoisotopic (exact) mass is 164 g/mol. The lowest BCUT2D eigenvalue weighted by atomic mass is 9.79. The Balaban J connectivity index is 2.11. The highest BCUT2D eigenvalue weighted by Gasteiger charge is 2.24. The minimum atomic E-state index is 0.689. The zero-order valence-corrected chi connectivity index (χ0v) is 7.62. The Bertz CT molecular complexity index is 225. The molecule has 2 atom stereocenters. The summed E-state index contributed by atoms with van der Waals surface area (Å²) in [4.78, 5) is 0. The normalized spacial score (nSPS) is 30.4. The van der Waals surface area contributed by atoms with Crippen LogP contribution in [0.3, 0.4) is 0 Å². The van der Waals surface area contributed by atoms with E-state index in [2.05, 4.69) is 13.0 Å². The molecule has 1 aliphatic carbocycles. The van der Waals surface area contributed by atoms with E-state index in [0.717, 1.165) is 5.92 Å². The summed E-state index contributed by atoms with van der Waals surface area (Å²) in [6.45, 7) is 2.34. The molecule has 0 N–H and O–H groups in total. The third kappa shape index (κ3) is 1.40. The van der Waals surface area contributed by atoms with Crippen LogP contribution in [0, 0.1) is 5.92 Å². The van der Waals surface area contributed by atoms with E-state index >= 15 is 0 Å². The van der Waals surface area contributed by atoms with E-state index in [1.54, 1.807) is 6.26 Å². The van der Waals surface area contributed by atoms with Crippen molar-refractivity contribution in [2.24, 2.45) is 5.92 Å². The second-order valence-corrected chi connectivity index (χ2v) is 3.88. The van der Waals surface area contributed by atoms with Gasteiger partial charge >= 0.3 is 0 Å². The van der Waals surface area contributed by atoms with Gasteiger partial charge in [0.1, 0.15) is 5.76 Å². The van der Waals surface area contributed by atoms with Gasteiger partial charge in [0.05, 0.1) is 6.26 Å². The maximum atomic E-state index is 5.44. The first-order valence-electron chi connectivity index (χ1n) is 4.91. The molecule has 66 valence electrons. The van der Waals surface area contributed by atoms with Crippen LogP contribution in [0.5, 0.6) is 0 Å². The van der Waals surface area contributed by atoms with E-state index < -0.39 is 0 Å². The van der Waals surface area contributed by atoms with Crippen LogP contribution in [0.4, 0.5) is 0 Å². The number of furan rings is 1. The first-order valence-corrected chi connectivity index (χ1v) is 4.91. The molecule has 1 heterocycles. The van der Waals surface area contributed by atoms with Crippen LogP contribution in [-0.4, -0.2) is 0 Å². The molecule has 2 unspecified atom stereocenters. The summed E-state index contributed by atoms with van der Waals surface area (Å²) in [6.07, 6.45) is 7.24. The van der Waals surface area contributed by atoms with Gasteiger partial charge in [-0.2, -0.15) is 0 Å². The highest BCUT2D eigenvalue weighted by molar-refractivity contribution is 5.07. The van der Waals surface area contributed by atoms with Crippen LogP contribution in [0.1, 0.15) is 44.3 Å². The van der Waals surface area contributed by atoms with E-state index in [-0.39, 0.29) is 0 Å². The Morgan fingerprint density at radius 2 is 2.17 bits per heavy atom. The van der Waals surface area contributed by atoms with Crippen molar-refractivity contribution in [2.45, 2.75) is 38.5 Å². The summed E-state index contributed by atoms with van der Waals surface area (Å²) in [6, 6.07) is 4.11. The summed E-state index contributed by atoms with van der Waals surface area (Å²) in [7, 11) is 0. The summed E-state index contributed by atoms with van der Waals surface area (Å²) in [5.41, 5.74) is 0. The summed E-state index contributed by atoms with van der Waals surface area (Å²) in [5, 5.41) is 0. The maximum absolute atomic E-state index is 5.44. The lowest BCUT2D eigenvalue weighted by Crippen LogP contribution is -2.13. The molecule has 0 saturated heterocycles. The smallest absolute Gasteiger partial charge is 0.107 e. The van der Waals surface area contributed by atoms with Gasteiger partial charge in [-0.3, -0.25) is 0 Å². The Hall–Kier alpha value is -0.720. The molecule has 0 radical (unpaired) electrons. The Kier molecular flexibility index (Phi) is 2.20. The molecule has 2 rings (SSSR count). The standard InChI is InChI=1S/C11H16O/c1-9-5-2-3-6-10(9)11-7-4-8-12-11/h4,7-10H,2-3,5-6H2,1H3. The molecule has 1 saturated carbocycles. The third-order valence-electron chi connectivity index (χ3n) is 3.02. The fourth-order valence-corrected chi connectivity index (χ4v) is 2.24. The van der Waals surface area contributed by atoms with Crippen LogP contribution in [0.15, 0.2) is 22.8 Å². The van der Waals surface area contributed by atoms with Gasteiger partial charge < -0.3 is 4.42 Å². The Morgan fingerprint density at radius 1 is 1.33 bits per heavy atom. The van der Waals surface area contributed by atoms with Crippen molar-refractivity contribution < 1.29 is 4.42 Å². The van der Waals surface area contributed by atoms with Gasteiger partial charge in [0, 0.05) is 5.92 Å². The molecule has 1 aromatic heterocycles. The predicted molar refractivity (Wildman–Crippen MR) is 49.1 cm³/mol. The lowest BCUT2D eigenvalue weighted by molar-refractivity contribution is 0.291. The molecule has 0 bridgehead atoms. The van der Waals surface area contributed by atoms with Gasteiger partial charge in [-0.15, -0.1) is 0 Å². The maximum Gasteiger partial charge on any atom is 0.107 e. The van der Waals surface area contributed by atoms with Gasteiger partial charge in [-0.1, -0.05) is 26.2 Å². The molecular weight excluding hydrogens is 148 g/mol. The number of hydrogen-bond donors (Lipinski definition) is 0. The van der Waals surface area contributed by atoms with E-state index in [0.29, 0.717) is 5.92 Å². The van der Waals surface area contributed by atoms with Crippen molar-refractivity contribution in [2.75, 3.05) is 0 Å². The van der Waals surface area contributed by atoms with E-state index in [1.807, 2.05) is 6.07 Å². The molecule has 1 aliphatic rings. The van der Waals surface area contributed by atoms with Gasteiger partial charge in [-0.25, -0.2) is 0 Å². The van der Waals surface area contributed by atoms with Crippen molar-refractivity contribution in [3.05, 3.63) is 24.2 Å². The second-order valence-electron chi connectivity index (χ2n) is 3.88. The first-order chi connectivity index (χ1) is 5.88. The predicted octanol–water partition coefficient (Wildman–Crippen LogP) is 3.57. The summed E-state index contributed by atoms with van der Waals surface area (Å²) >= 11 is 0. The van der Waals surface area contributed by atoms with Crippen molar-refractivity contribution in [3.8, 4) is 0 Å². The molecule has 1 fully saturated rings. The van der Waals surface area contributed by atoms with Gasteiger partial charge in [0.25, 0.3) is 0 Å². The Labute approximate surface area is 73.8 Å². The zero-order valence-electron chi connectivity index (χ0n) is 7.62. The summed E-state index contributed by atoms with van der Waals surface area (Å²) < 4.78 is 5.44. The molecule has 0 aliphatic heterocycles. The Morgan fingerprint density at radius 3 is 2.83 bits per heavy atom. The highest BCUT2D eigenvalue weighted by atomic mass is 16.3. The van der Waals surface area contributed by atoms with Crippen molar-refractivity contribution in [3.63, 3.8) is 0 Å². The SMILES string of the molecule is CC1CCCCC1c1ccco1. The molecule has 0 amide bonds. The van der Waals surface area contributed by atoms with Crippen molar-refractivity contribution in [1.29, 1.82) is 0 Å². The van der Waals surface area contributed by atoms with Gasteiger partial charge in [0.2, 0.25) is 0 Å². The van der Waals surface area contributed by atoms with Crippen LogP contribution in [0.25, 0.3) is 0 Å². The molecule has 12 heavy (non-hydrogen) atoms. The van der Waals surface area contributed by atoms with E-state index in [4.69, 9.17) is 4.42 Å². The number of hydrogen-bond acceptors (Lipinski definition) is 1. The van der Waals surface area contributed by atoms with E-state index in [9.17, 15) is 0 Å². The summed E-state index contributed by atoms with van der Waals surface area (Å²) in [5.74, 6) is 2.70. The first kappa shape index (κ1) is 7.90. The third-order valence-corrected chi connectivity index (χ3v) is 3.02. The van der Waals surface area contributed by atoms with Gasteiger partial charge in [0.15, 0.2) is 0 Å². The quantitative estimate of drug-likeness (QED) is 0.618. The average Bonchev–Trinajstić information content (AvgIpc) is 2.57. The highest BCUT2D eigenvalue weighted by Crippen LogP contribution is 2.37. The largest absolute Gasteiger partial charge is 0.469 e. The van der Waals surface area contributed by atoms with E-state index in [1.165, 1.54) is 31.4 Å². The number of rotatable bonds is 1. The minimum Gasteiger partial charge on any atom is -0.469 e. The molecule has 0 spiro atoms. The lowest BCUT2D eigenvalue weighted by Gasteiger charge is -2.26. The molecule has 1 aromatic rings. The van der Waals surface area contributed by atoms with Gasteiger partial charge in [-0.05, 0) is 24.5 Å². The fourth-order valence-electron chi connectivity index (χ4n) is 2.24. The van der Waals surface area contributed by atoms with Crippen LogP contribution in [0.2, 0.25) is 0 Å². The zero-order chi connectivity index (χ0) is 8.39. The molecular formula is C11H16O. The van der Waals surface area contributed by atoms with Crippen LogP contribution in [-0.2, 0) is 0 Å². The van der Waals surface area contributed by atoms with Crippen LogP contribution >= 0.6 is 0 Å². The topological polar surface area (TPSA) is 13.1 Å². The van der Waals surface area contributed by atoms with Crippen molar-refractivity contribution in [1.82, 2.24) is 0 Å². The average molecular weight is 164 g/mol. The second kappa shape index (κ2) is 3.34. The molecule has 0 aromatic carbocycles. The minimum absolute atomic E-state index is 0.689. The fraction of sp³-hybridized carbons (Fsp3) is 0.636.